The van der Waals surface area contributed by atoms with E-state index in [0.29, 0.717) is 6.04 Å². The van der Waals surface area contributed by atoms with Gasteiger partial charge >= 0.3 is 0 Å². The van der Waals surface area contributed by atoms with E-state index >= 15 is 0 Å². The molecule has 2 nitrogen and oxygen atoms in total. The van der Waals surface area contributed by atoms with Crippen molar-refractivity contribution in [3.05, 3.63) is 0 Å². The second kappa shape index (κ2) is 8.16. The molecule has 0 aromatic rings. The lowest BCUT2D eigenvalue weighted by molar-refractivity contribution is -0.0353. The number of nitrogens with zero attached hydrogens (tertiary/aromatic N) is 1. The minimum Gasteiger partial charge on any atom is -0.390 e. The molecule has 18 heavy (non-hydrogen) atoms. The van der Waals surface area contributed by atoms with Gasteiger partial charge in [0.15, 0.2) is 0 Å². The van der Waals surface area contributed by atoms with E-state index < -0.39 is 0 Å². The van der Waals surface area contributed by atoms with Gasteiger partial charge < -0.3 is 10.0 Å². The van der Waals surface area contributed by atoms with Crippen molar-refractivity contribution in [1.82, 2.24) is 4.90 Å². The van der Waals surface area contributed by atoms with Crippen molar-refractivity contribution in [3.63, 3.8) is 0 Å². The summed E-state index contributed by atoms with van der Waals surface area (Å²) in [6.45, 7) is 8.90. The molecule has 2 heteroatoms. The Kier molecular flexibility index (Phi) is 7.25. The molecule has 1 saturated heterocycles. The van der Waals surface area contributed by atoms with E-state index in [0.717, 1.165) is 32.4 Å². The molecule has 0 bridgehead atoms. The first-order chi connectivity index (χ1) is 8.57. The zero-order valence-corrected chi connectivity index (χ0v) is 12.7. The van der Waals surface area contributed by atoms with Gasteiger partial charge in [-0.05, 0) is 33.1 Å². The quantitative estimate of drug-likeness (QED) is 0.663. The average Bonchev–Trinajstić information content (AvgIpc) is 2.34. The third-order valence-corrected chi connectivity index (χ3v) is 4.45. The molecule has 1 fully saturated rings. The fraction of sp³-hybridized carbons (Fsp3) is 1.00. The molecule has 0 radical (unpaired) electrons. The molecule has 0 aromatic heterocycles. The first-order valence-electron chi connectivity index (χ1n) is 8.04. The topological polar surface area (TPSA) is 23.5 Å². The van der Waals surface area contributed by atoms with Gasteiger partial charge in [-0.25, -0.2) is 0 Å². The molecular weight excluding hydrogens is 222 g/mol. The lowest BCUT2D eigenvalue weighted by Gasteiger charge is -2.40. The fourth-order valence-corrected chi connectivity index (χ4v) is 2.94. The normalized spacial score (nSPS) is 20.5. The summed E-state index contributed by atoms with van der Waals surface area (Å²) in [5.41, 5.74) is -0.351. The predicted molar refractivity (Wildman–Crippen MR) is 78.9 cm³/mol. The van der Waals surface area contributed by atoms with Crippen molar-refractivity contribution >= 4 is 0 Å². The SMILES string of the molecule is CCCCCCCCC1(O)CCN(C(C)C)CC1. The molecule has 0 saturated carbocycles. The van der Waals surface area contributed by atoms with E-state index in [4.69, 9.17) is 0 Å². The minimum atomic E-state index is -0.351. The molecule has 0 unspecified atom stereocenters. The highest BCUT2D eigenvalue weighted by Gasteiger charge is 2.32. The predicted octanol–water partition coefficient (Wildman–Crippen LogP) is 3.97. The minimum absolute atomic E-state index is 0.351. The number of unbranched alkanes of at least 4 members (excludes halogenated alkanes) is 5. The molecule has 1 aliphatic heterocycles. The van der Waals surface area contributed by atoms with Crippen molar-refractivity contribution in [3.8, 4) is 0 Å². The van der Waals surface area contributed by atoms with E-state index in [1.54, 1.807) is 0 Å². The van der Waals surface area contributed by atoms with E-state index in [1.165, 1.54) is 38.5 Å². The Balaban J connectivity index is 2.11. The maximum absolute atomic E-state index is 10.5. The van der Waals surface area contributed by atoms with Crippen molar-refractivity contribution in [2.45, 2.75) is 90.2 Å². The van der Waals surface area contributed by atoms with Gasteiger partial charge in [0.1, 0.15) is 0 Å². The van der Waals surface area contributed by atoms with Crippen LogP contribution in [-0.4, -0.2) is 34.7 Å². The number of aliphatic hydroxyl groups is 1. The van der Waals surface area contributed by atoms with Gasteiger partial charge in [0.25, 0.3) is 0 Å². The molecule has 0 aromatic carbocycles. The summed E-state index contributed by atoms with van der Waals surface area (Å²) in [4.78, 5) is 2.48. The van der Waals surface area contributed by atoms with Crippen LogP contribution in [0.1, 0.15) is 78.6 Å². The summed E-state index contributed by atoms with van der Waals surface area (Å²) in [6.07, 6.45) is 10.9. The highest BCUT2D eigenvalue weighted by Crippen LogP contribution is 2.28. The van der Waals surface area contributed by atoms with Crippen LogP contribution in [0.5, 0.6) is 0 Å². The van der Waals surface area contributed by atoms with Crippen molar-refractivity contribution in [1.29, 1.82) is 0 Å². The Morgan fingerprint density at radius 1 is 1.00 bits per heavy atom. The molecule has 108 valence electrons. The summed E-state index contributed by atoms with van der Waals surface area (Å²) < 4.78 is 0. The van der Waals surface area contributed by atoms with Gasteiger partial charge in [0, 0.05) is 19.1 Å². The monoisotopic (exact) mass is 255 g/mol. The van der Waals surface area contributed by atoms with Crippen molar-refractivity contribution in [2.24, 2.45) is 0 Å². The zero-order chi connectivity index (χ0) is 13.4. The molecule has 1 aliphatic rings. The van der Waals surface area contributed by atoms with Crippen LogP contribution in [0.15, 0.2) is 0 Å². The first kappa shape index (κ1) is 16.0. The maximum atomic E-state index is 10.5. The summed E-state index contributed by atoms with van der Waals surface area (Å²) >= 11 is 0. The Morgan fingerprint density at radius 2 is 1.56 bits per heavy atom. The number of likely N-dealkylation sites (tertiary alicyclic amines) is 1. The Labute approximate surface area is 114 Å². The number of hydrogen-bond donors (Lipinski definition) is 1. The summed E-state index contributed by atoms with van der Waals surface area (Å²) in [7, 11) is 0. The highest BCUT2D eigenvalue weighted by molar-refractivity contribution is 4.86. The van der Waals surface area contributed by atoms with Gasteiger partial charge in [-0.1, -0.05) is 45.4 Å². The van der Waals surface area contributed by atoms with Crippen molar-refractivity contribution < 1.29 is 5.11 Å². The van der Waals surface area contributed by atoms with Crippen LogP contribution in [0.4, 0.5) is 0 Å². The maximum Gasteiger partial charge on any atom is 0.0672 e. The highest BCUT2D eigenvalue weighted by atomic mass is 16.3. The van der Waals surface area contributed by atoms with E-state index in [1.807, 2.05) is 0 Å². The fourth-order valence-electron chi connectivity index (χ4n) is 2.94. The van der Waals surface area contributed by atoms with E-state index in [9.17, 15) is 5.11 Å². The van der Waals surface area contributed by atoms with Gasteiger partial charge in [-0.3, -0.25) is 0 Å². The molecule has 0 atom stereocenters. The van der Waals surface area contributed by atoms with Crippen LogP contribution in [-0.2, 0) is 0 Å². The third kappa shape index (κ3) is 5.71. The van der Waals surface area contributed by atoms with Crippen LogP contribution in [0, 0.1) is 0 Å². The molecule has 0 spiro atoms. The number of hydrogen-bond acceptors (Lipinski definition) is 2. The Bertz CT molecular complexity index is 207. The van der Waals surface area contributed by atoms with Crippen LogP contribution < -0.4 is 0 Å². The second-order valence-electron chi connectivity index (χ2n) is 6.37. The standard InChI is InChI=1S/C16H33NO/c1-4-5-6-7-8-9-10-16(18)11-13-17(14-12-16)15(2)3/h15,18H,4-14H2,1-3H3. The molecular formula is C16H33NO. The van der Waals surface area contributed by atoms with Gasteiger partial charge in [0.05, 0.1) is 5.60 Å². The number of rotatable bonds is 8. The zero-order valence-electron chi connectivity index (χ0n) is 12.7. The van der Waals surface area contributed by atoms with Crippen LogP contribution in [0.2, 0.25) is 0 Å². The summed E-state index contributed by atoms with van der Waals surface area (Å²) in [5.74, 6) is 0. The third-order valence-electron chi connectivity index (χ3n) is 4.45. The van der Waals surface area contributed by atoms with Crippen LogP contribution in [0.25, 0.3) is 0 Å². The van der Waals surface area contributed by atoms with Gasteiger partial charge in [0.2, 0.25) is 0 Å². The molecule has 0 amide bonds. The number of piperidine rings is 1. The van der Waals surface area contributed by atoms with E-state index in [2.05, 4.69) is 25.7 Å². The second-order valence-corrected chi connectivity index (χ2v) is 6.37. The Hall–Kier alpha value is -0.0800. The molecule has 1 rings (SSSR count). The average molecular weight is 255 g/mol. The van der Waals surface area contributed by atoms with Gasteiger partial charge in [-0.2, -0.15) is 0 Å². The largest absolute Gasteiger partial charge is 0.390 e. The van der Waals surface area contributed by atoms with Crippen LogP contribution in [0.3, 0.4) is 0 Å². The first-order valence-corrected chi connectivity index (χ1v) is 8.04. The molecule has 1 N–H and O–H groups in total. The summed E-state index contributed by atoms with van der Waals surface area (Å²) in [6, 6.07) is 0.628. The van der Waals surface area contributed by atoms with Gasteiger partial charge in [-0.15, -0.1) is 0 Å². The lowest BCUT2D eigenvalue weighted by atomic mass is 9.86. The lowest BCUT2D eigenvalue weighted by Crippen LogP contribution is -2.46. The van der Waals surface area contributed by atoms with Crippen LogP contribution >= 0.6 is 0 Å². The Morgan fingerprint density at radius 3 is 2.11 bits per heavy atom. The summed E-state index contributed by atoms with van der Waals surface area (Å²) in [5, 5.41) is 10.5. The molecule has 0 aliphatic carbocycles. The van der Waals surface area contributed by atoms with E-state index in [-0.39, 0.29) is 5.60 Å². The van der Waals surface area contributed by atoms with Crippen molar-refractivity contribution in [2.75, 3.05) is 13.1 Å². The molecule has 1 heterocycles. The smallest absolute Gasteiger partial charge is 0.0672 e.